The molecule has 3 nitrogen and oxygen atoms in total. The highest BCUT2D eigenvalue weighted by Crippen LogP contribution is 2.28. The van der Waals surface area contributed by atoms with Crippen molar-refractivity contribution < 1.29 is 5.11 Å². The van der Waals surface area contributed by atoms with Crippen molar-refractivity contribution in [1.29, 1.82) is 0 Å². The Bertz CT molecular complexity index is 460. The summed E-state index contributed by atoms with van der Waals surface area (Å²) < 4.78 is 0. The highest BCUT2D eigenvalue weighted by atomic mass is 16.3. The molecule has 4 N–H and O–H groups in total. The molecule has 0 aliphatic carbocycles. The van der Waals surface area contributed by atoms with Crippen LogP contribution in [-0.4, -0.2) is 16.7 Å². The minimum absolute atomic E-state index is 0.105. The summed E-state index contributed by atoms with van der Waals surface area (Å²) in [6.07, 6.45) is 2.84. The van der Waals surface area contributed by atoms with Crippen molar-refractivity contribution in [2.24, 2.45) is 11.7 Å². The first-order valence-corrected chi connectivity index (χ1v) is 5.70. The van der Waals surface area contributed by atoms with Crippen molar-refractivity contribution in [3.63, 3.8) is 0 Å². The molecule has 0 radical (unpaired) electrons. The molecular weight excluding hydrogens is 200 g/mol. The van der Waals surface area contributed by atoms with E-state index >= 15 is 0 Å². The number of aliphatic hydroxyl groups is 1. The largest absolute Gasteiger partial charge is 0.396 e. The van der Waals surface area contributed by atoms with Crippen molar-refractivity contribution in [3.8, 4) is 0 Å². The molecule has 86 valence electrons. The fraction of sp³-hybridized carbons (Fsp3) is 0.385. The summed E-state index contributed by atoms with van der Waals surface area (Å²) in [4.78, 5) is 3.21. The number of nitrogens with two attached hydrogens (primary N) is 1. The number of hydrogen-bond donors (Lipinski definition) is 3. The Morgan fingerprint density at radius 1 is 1.38 bits per heavy atom. The lowest BCUT2D eigenvalue weighted by atomic mass is 9.92. The Morgan fingerprint density at radius 2 is 2.12 bits per heavy atom. The van der Waals surface area contributed by atoms with Crippen LogP contribution < -0.4 is 5.73 Å². The fourth-order valence-electron chi connectivity index (χ4n) is 2.12. The molecule has 1 aromatic carbocycles. The molecule has 0 bridgehead atoms. The number of aliphatic hydroxyl groups excluding tert-OH is 1. The fourth-order valence-corrected chi connectivity index (χ4v) is 2.12. The highest BCUT2D eigenvalue weighted by molar-refractivity contribution is 5.83. The van der Waals surface area contributed by atoms with Gasteiger partial charge in [-0.25, -0.2) is 0 Å². The van der Waals surface area contributed by atoms with E-state index in [1.807, 2.05) is 24.4 Å². The normalized spacial score (nSPS) is 15.2. The van der Waals surface area contributed by atoms with Gasteiger partial charge in [0, 0.05) is 35.7 Å². The van der Waals surface area contributed by atoms with Crippen LogP contribution in [0.3, 0.4) is 0 Å². The number of rotatable bonds is 4. The number of aromatic amines is 1. The molecule has 1 heterocycles. The van der Waals surface area contributed by atoms with Crippen LogP contribution in [0.1, 0.15) is 24.9 Å². The van der Waals surface area contributed by atoms with Crippen LogP contribution in [0.25, 0.3) is 10.9 Å². The van der Waals surface area contributed by atoms with Gasteiger partial charge in [-0.2, -0.15) is 0 Å². The third-order valence-electron chi connectivity index (χ3n) is 3.25. The summed E-state index contributed by atoms with van der Waals surface area (Å²) in [5.41, 5.74) is 8.38. The van der Waals surface area contributed by atoms with Gasteiger partial charge in [-0.15, -0.1) is 0 Å². The molecule has 3 heteroatoms. The van der Waals surface area contributed by atoms with E-state index in [9.17, 15) is 5.11 Å². The van der Waals surface area contributed by atoms with Crippen LogP contribution in [0.2, 0.25) is 0 Å². The summed E-state index contributed by atoms with van der Waals surface area (Å²) >= 11 is 0. The summed E-state index contributed by atoms with van der Waals surface area (Å²) in [7, 11) is 0. The van der Waals surface area contributed by atoms with Crippen LogP contribution in [0.5, 0.6) is 0 Å². The highest BCUT2D eigenvalue weighted by Gasteiger charge is 2.19. The molecule has 2 unspecified atom stereocenters. The molecule has 16 heavy (non-hydrogen) atoms. The van der Waals surface area contributed by atoms with Crippen LogP contribution in [0.4, 0.5) is 0 Å². The van der Waals surface area contributed by atoms with E-state index in [1.165, 1.54) is 0 Å². The Kier molecular flexibility index (Phi) is 3.27. The van der Waals surface area contributed by atoms with Gasteiger partial charge in [-0.1, -0.05) is 25.1 Å². The van der Waals surface area contributed by atoms with E-state index in [0.717, 1.165) is 22.9 Å². The number of aromatic nitrogens is 1. The second kappa shape index (κ2) is 4.68. The number of nitrogens with one attached hydrogen (secondary N) is 1. The van der Waals surface area contributed by atoms with Crippen molar-refractivity contribution in [2.45, 2.75) is 19.4 Å². The minimum atomic E-state index is -0.105. The molecule has 0 amide bonds. The molecule has 2 aromatic rings. The quantitative estimate of drug-likeness (QED) is 0.736. The SMILES string of the molecule is CCC(CO)C(N)c1c[nH]c2ccccc12. The Balaban J connectivity index is 2.39. The second-order valence-electron chi connectivity index (χ2n) is 4.17. The Labute approximate surface area is 95.3 Å². The van der Waals surface area contributed by atoms with Gasteiger partial charge < -0.3 is 15.8 Å². The van der Waals surface area contributed by atoms with Crippen LogP contribution in [0, 0.1) is 5.92 Å². The number of para-hydroxylation sites is 1. The summed E-state index contributed by atoms with van der Waals surface area (Å²) in [5, 5.41) is 10.4. The van der Waals surface area contributed by atoms with Gasteiger partial charge in [0.2, 0.25) is 0 Å². The number of hydrogen-bond acceptors (Lipinski definition) is 2. The summed E-state index contributed by atoms with van der Waals surface area (Å²) in [6.45, 7) is 2.19. The van der Waals surface area contributed by atoms with Crippen molar-refractivity contribution in [2.75, 3.05) is 6.61 Å². The predicted octanol–water partition coefficient (Wildman–Crippen LogP) is 2.19. The molecule has 0 aliphatic rings. The van der Waals surface area contributed by atoms with Gasteiger partial charge >= 0.3 is 0 Å². The zero-order valence-corrected chi connectivity index (χ0v) is 9.48. The van der Waals surface area contributed by atoms with Crippen molar-refractivity contribution >= 4 is 10.9 Å². The van der Waals surface area contributed by atoms with E-state index in [-0.39, 0.29) is 18.6 Å². The van der Waals surface area contributed by atoms with E-state index in [1.54, 1.807) is 0 Å². The first-order valence-electron chi connectivity index (χ1n) is 5.70. The first-order chi connectivity index (χ1) is 7.77. The van der Waals surface area contributed by atoms with E-state index < -0.39 is 0 Å². The van der Waals surface area contributed by atoms with Crippen molar-refractivity contribution in [3.05, 3.63) is 36.0 Å². The summed E-state index contributed by atoms with van der Waals surface area (Å²) in [6, 6.07) is 7.99. The smallest absolute Gasteiger partial charge is 0.0477 e. The molecule has 1 aromatic heterocycles. The lowest BCUT2D eigenvalue weighted by Gasteiger charge is -2.19. The maximum absolute atomic E-state index is 9.28. The number of benzene rings is 1. The summed E-state index contributed by atoms with van der Waals surface area (Å²) in [5.74, 6) is 0.124. The standard InChI is InChI=1S/C13H18N2O/c1-2-9(8-16)13(14)11-7-15-12-6-4-3-5-10(11)12/h3-7,9,13,15-16H,2,8,14H2,1H3. The average molecular weight is 218 g/mol. The Hall–Kier alpha value is -1.32. The Morgan fingerprint density at radius 3 is 2.81 bits per heavy atom. The minimum Gasteiger partial charge on any atom is -0.396 e. The third kappa shape index (κ3) is 1.84. The van der Waals surface area contributed by atoms with Crippen LogP contribution in [0.15, 0.2) is 30.5 Å². The maximum Gasteiger partial charge on any atom is 0.0477 e. The van der Waals surface area contributed by atoms with E-state index in [0.29, 0.717) is 0 Å². The molecule has 0 spiro atoms. The number of fused-ring (bicyclic) bond motifs is 1. The van der Waals surface area contributed by atoms with Gasteiger partial charge in [0.1, 0.15) is 0 Å². The lowest BCUT2D eigenvalue weighted by Crippen LogP contribution is -2.23. The zero-order chi connectivity index (χ0) is 11.5. The van der Waals surface area contributed by atoms with Gasteiger partial charge in [0.25, 0.3) is 0 Å². The predicted molar refractivity (Wildman–Crippen MR) is 66.1 cm³/mol. The molecule has 0 fully saturated rings. The van der Waals surface area contributed by atoms with Crippen LogP contribution in [-0.2, 0) is 0 Å². The molecule has 0 aliphatic heterocycles. The zero-order valence-electron chi connectivity index (χ0n) is 9.48. The maximum atomic E-state index is 9.28. The van der Waals surface area contributed by atoms with Gasteiger partial charge in [0.05, 0.1) is 0 Å². The molecular formula is C13H18N2O. The number of H-pyrrole nitrogens is 1. The van der Waals surface area contributed by atoms with Crippen molar-refractivity contribution in [1.82, 2.24) is 4.98 Å². The molecule has 2 rings (SSSR count). The average Bonchev–Trinajstić information content (AvgIpc) is 2.74. The first kappa shape index (κ1) is 11.2. The third-order valence-corrected chi connectivity index (χ3v) is 3.25. The lowest BCUT2D eigenvalue weighted by molar-refractivity contribution is 0.201. The van der Waals surface area contributed by atoms with Gasteiger partial charge in [-0.05, 0) is 18.1 Å². The second-order valence-corrected chi connectivity index (χ2v) is 4.17. The van der Waals surface area contributed by atoms with E-state index in [2.05, 4.69) is 18.0 Å². The molecule has 0 saturated heterocycles. The molecule has 0 saturated carbocycles. The van der Waals surface area contributed by atoms with Gasteiger partial charge in [0.15, 0.2) is 0 Å². The molecule has 2 atom stereocenters. The topological polar surface area (TPSA) is 62.0 Å². The monoisotopic (exact) mass is 218 g/mol. The van der Waals surface area contributed by atoms with E-state index in [4.69, 9.17) is 5.73 Å². The van der Waals surface area contributed by atoms with Crippen LogP contribution >= 0.6 is 0 Å². The van der Waals surface area contributed by atoms with Gasteiger partial charge in [-0.3, -0.25) is 0 Å².